The largest absolute Gasteiger partial charge is 0.366 e. The lowest BCUT2D eigenvalue weighted by molar-refractivity contribution is 0.102. The molecule has 2 aromatic heterocycles. The number of benzene rings is 1. The Balaban J connectivity index is 1.46. The highest BCUT2D eigenvalue weighted by atomic mass is 32.1. The Bertz CT molecular complexity index is 942. The molecule has 4 rings (SSSR count). The van der Waals surface area contributed by atoms with Gasteiger partial charge in [0.2, 0.25) is 0 Å². The molecular formula is C19H20N6OS. The lowest BCUT2D eigenvalue weighted by Crippen LogP contribution is -2.25. The molecule has 0 radical (unpaired) electrons. The number of thiazole rings is 1. The van der Waals surface area contributed by atoms with Gasteiger partial charge in [0.1, 0.15) is 0 Å². The van der Waals surface area contributed by atoms with Gasteiger partial charge in [0.15, 0.2) is 5.13 Å². The van der Waals surface area contributed by atoms with E-state index in [1.165, 1.54) is 11.3 Å². The lowest BCUT2D eigenvalue weighted by Gasteiger charge is -2.17. The van der Waals surface area contributed by atoms with Gasteiger partial charge in [-0.15, -0.1) is 11.3 Å². The standard InChI is InChI=1S/C19H20N6OS/c20-6-2-8-25-12-22-15-9-13(4-5-17(15)25)18(26)24-19-23-16(11-27-19)14-3-1-7-21-10-14/h1,3-5,7,9-11,22H,2,6,8,12,20H2,(H,23,24,26). The normalized spacial score (nSPS) is 12.6. The van der Waals surface area contributed by atoms with Crippen molar-refractivity contribution >= 4 is 33.8 Å². The number of anilines is 3. The van der Waals surface area contributed by atoms with Crippen molar-refractivity contribution in [1.82, 2.24) is 9.97 Å². The molecule has 0 saturated heterocycles. The van der Waals surface area contributed by atoms with E-state index < -0.39 is 0 Å². The van der Waals surface area contributed by atoms with E-state index in [0.717, 1.165) is 42.3 Å². The van der Waals surface area contributed by atoms with Gasteiger partial charge in [-0.25, -0.2) is 4.98 Å². The third kappa shape index (κ3) is 3.76. The van der Waals surface area contributed by atoms with E-state index in [9.17, 15) is 4.79 Å². The number of carbonyl (C=O) groups excluding carboxylic acids is 1. The highest BCUT2D eigenvalue weighted by molar-refractivity contribution is 7.14. The Labute approximate surface area is 161 Å². The van der Waals surface area contributed by atoms with Gasteiger partial charge in [-0.05, 0) is 43.3 Å². The van der Waals surface area contributed by atoms with Crippen LogP contribution in [0.1, 0.15) is 16.8 Å². The van der Waals surface area contributed by atoms with Crippen LogP contribution in [0.25, 0.3) is 11.3 Å². The van der Waals surface area contributed by atoms with Gasteiger partial charge < -0.3 is 16.0 Å². The van der Waals surface area contributed by atoms with Crippen molar-refractivity contribution in [1.29, 1.82) is 0 Å². The van der Waals surface area contributed by atoms with Gasteiger partial charge in [-0.3, -0.25) is 15.1 Å². The summed E-state index contributed by atoms with van der Waals surface area (Å²) >= 11 is 1.40. The maximum Gasteiger partial charge on any atom is 0.257 e. The van der Waals surface area contributed by atoms with Crippen LogP contribution in [0.2, 0.25) is 0 Å². The minimum Gasteiger partial charge on any atom is -0.366 e. The summed E-state index contributed by atoms with van der Waals surface area (Å²) in [5.74, 6) is -0.174. The first kappa shape index (κ1) is 17.4. The summed E-state index contributed by atoms with van der Waals surface area (Å²) in [6.07, 6.45) is 4.41. The molecule has 0 unspecified atom stereocenters. The Morgan fingerprint density at radius 3 is 3.11 bits per heavy atom. The van der Waals surface area contributed by atoms with E-state index in [-0.39, 0.29) is 5.91 Å². The fourth-order valence-electron chi connectivity index (χ4n) is 2.99. The number of nitrogens with two attached hydrogens (primary N) is 1. The monoisotopic (exact) mass is 380 g/mol. The SMILES string of the molecule is NCCCN1CNc2cc(C(=O)Nc3nc(-c4cccnc4)cs3)ccc21. The first-order valence-corrected chi connectivity index (χ1v) is 9.63. The molecule has 1 aromatic carbocycles. The molecule has 138 valence electrons. The van der Waals surface area contributed by atoms with Crippen molar-refractivity contribution in [2.45, 2.75) is 6.42 Å². The van der Waals surface area contributed by atoms with Gasteiger partial charge in [-0.1, -0.05) is 0 Å². The second-order valence-corrected chi connectivity index (χ2v) is 7.06. The number of nitrogens with one attached hydrogen (secondary N) is 2. The molecule has 7 nitrogen and oxygen atoms in total. The maximum atomic E-state index is 12.6. The first-order valence-electron chi connectivity index (χ1n) is 8.75. The zero-order valence-corrected chi connectivity index (χ0v) is 15.5. The topological polar surface area (TPSA) is 96.2 Å². The van der Waals surface area contributed by atoms with E-state index in [1.54, 1.807) is 12.4 Å². The van der Waals surface area contributed by atoms with Crippen molar-refractivity contribution in [2.24, 2.45) is 5.73 Å². The second kappa shape index (κ2) is 7.73. The molecule has 1 aliphatic heterocycles. The fraction of sp³-hybridized carbons (Fsp3) is 0.211. The average Bonchev–Trinajstić information content (AvgIpc) is 3.33. The van der Waals surface area contributed by atoms with E-state index in [2.05, 4.69) is 25.5 Å². The van der Waals surface area contributed by atoms with E-state index in [4.69, 9.17) is 5.73 Å². The molecule has 0 aliphatic carbocycles. The third-order valence-electron chi connectivity index (χ3n) is 4.37. The van der Waals surface area contributed by atoms with Crippen molar-refractivity contribution in [3.05, 3.63) is 53.7 Å². The fourth-order valence-corrected chi connectivity index (χ4v) is 3.70. The number of pyridine rings is 1. The Morgan fingerprint density at radius 1 is 1.37 bits per heavy atom. The van der Waals surface area contributed by atoms with Crippen LogP contribution >= 0.6 is 11.3 Å². The van der Waals surface area contributed by atoms with Crippen LogP contribution in [0.15, 0.2) is 48.1 Å². The highest BCUT2D eigenvalue weighted by Gasteiger charge is 2.20. The molecular weight excluding hydrogens is 360 g/mol. The maximum absolute atomic E-state index is 12.6. The summed E-state index contributed by atoms with van der Waals surface area (Å²) in [5.41, 5.74) is 9.99. The summed E-state index contributed by atoms with van der Waals surface area (Å²) in [4.78, 5) is 23.4. The molecule has 0 bridgehead atoms. The van der Waals surface area contributed by atoms with Gasteiger partial charge in [-0.2, -0.15) is 0 Å². The first-order chi connectivity index (χ1) is 13.2. The van der Waals surface area contributed by atoms with Crippen LogP contribution in [-0.2, 0) is 0 Å². The molecule has 1 amide bonds. The van der Waals surface area contributed by atoms with Gasteiger partial charge in [0.05, 0.1) is 23.7 Å². The van der Waals surface area contributed by atoms with Crippen molar-refractivity contribution < 1.29 is 4.79 Å². The second-order valence-electron chi connectivity index (χ2n) is 6.21. The summed E-state index contributed by atoms with van der Waals surface area (Å²) in [6, 6.07) is 9.50. The Hall–Kier alpha value is -2.97. The molecule has 0 fully saturated rings. The molecule has 1 aliphatic rings. The molecule has 4 N–H and O–H groups in total. The number of hydrogen-bond acceptors (Lipinski definition) is 7. The van der Waals surface area contributed by atoms with Crippen LogP contribution in [0.3, 0.4) is 0 Å². The average molecular weight is 380 g/mol. The minimum atomic E-state index is -0.174. The molecule has 3 aromatic rings. The van der Waals surface area contributed by atoms with Crippen LogP contribution in [0.4, 0.5) is 16.5 Å². The van der Waals surface area contributed by atoms with Gasteiger partial charge in [0, 0.05) is 35.4 Å². The Morgan fingerprint density at radius 2 is 2.30 bits per heavy atom. The highest BCUT2D eigenvalue weighted by Crippen LogP contribution is 2.32. The number of aromatic nitrogens is 2. The predicted molar refractivity (Wildman–Crippen MR) is 109 cm³/mol. The number of amides is 1. The van der Waals surface area contributed by atoms with Crippen molar-refractivity contribution in [3.8, 4) is 11.3 Å². The van der Waals surface area contributed by atoms with Crippen LogP contribution in [0, 0.1) is 0 Å². The molecule has 3 heterocycles. The zero-order chi connectivity index (χ0) is 18.6. The predicted octanol–water partition coefficient (Wildman–Crippen LogP) is 3.00. The van der Waals surface area contributed by atoms with E-state index in [0.29, 0.717) is 17.2 Å². The number of fused-ring (bicyclic) bond motifs is 1. The molecule has 0 atom stereocenters. The van der Waals surface area contributed by atoms with E-state index in [1.807, 2.05) is 35.7 Å². The third-order valence-corrected chi connectivity index (χ3v) is 5.13. The van der Waals surface area contributed by atoms with E-state index >= 15 is 0 Å². The van der Waals surface area contributed by atoms with Gasteiger partial charge >= 0.3 is 0 Å². The molecule has 0 saturated carbocycles. The summed E-state index contributed by atoms with van der Waals surface area (Å²) in [5, 5.41) is 8.68. The van der Waals surface area contributed by atoms with Gasteiger partial charge in [0.25, 0.3) is 5.91 Å². The molecule has 0 spiro atoms. The minimum absolute atomic E-state index is 0.174. The number of rotatable bonds is 6. The van der Waals surface area contributed by atoms with Crippen molar-refractivity contribution in [2.75, 3.05) is 35.3 Å². The van der Waals surface area contributed by atoms with Crippen LogP contribution in [0.5, 0.6) is 0 Å². The number of nitrogens with zero attached hydrogens (tertiary/aromatic N) is 3. The molecule has 27 heavy (non-hydrogen) atoms. The Kier molecular flexibility index (Phi) is 4.99. The number of hydrogen-bond donors (Lipinski definition) is 3. The lowest BCUT2D eigenvalue weighted by atomic mass is 10.1. The van der Waals surface area contributed by atoms with Crippen molar-refractivity contribution in [3.63, 3.8) is 0 Å². The van der Waals surface area contributed by atoms with Crippen LogP contribution < -0.4 is 21.3 Å². The number of carbonyl (C=O) groups is 1. The van der Waals surface area contributed by atoms with Crippen LogP contribution in [-0.4, -0.2) is 35.6 Å². The quantitative estimate of drug-likeness (QED) is 0.608. The smallest absolute Gasteiger partial charge is 0.257 e. The molecule has 8 heteroatoms. The summed E-state index contributed by atoms with van der Waals surface area (Å²) < 4.78 is 0. The summed E-state index contributed by atoms with van der Waals surface area (Å²) in [7, 11) is 0. The summed E-state index contributed by atoms with van der Waals surface area (Å²) in [6.45, 7) is 2.31. The zero-order valence-electron chi connectivity index (χ0n) is 14.7.